The van der Waals surface area contributed by atoms with E-state index in [1.807, 2.05) is 0 Å². The maximum Gasteiger partial charge on any atom is 0.256 e. The molecular formula is C19H12F3N3O2. The van der Waals surface area contributed by atoms with Crippen LogP contribution in [0.5, 0.6) is 0 Å². The fourth-order valence-corrected chi connectivity index (χ4v) is 2.25. The first-order chi connectivity index (χ1) is 12.9. The van der Waals surface area contributed by atoms with E-state index in [9.17, 15) is 22.8 Å². The van der Waals surface area contributed by atoms with Crippen LogP contribution in [0.15, 0.2) is 60.8 Å². The van der Waals surface area contributed by atoms with Crippen molar-refractivity contribution in [3.8, 4) is 0 Å². The number of carbonyl (C=O) groups is 2. The van der Waals surface area contributed by atoms with Gasteiger partial charge in [0.2, 0.25) is 0 Å². The number of nitrogens with one attached hydrogen (secondary N) is 2. The second kappa shape index (κ2) is 7.69. The number of amides is 2. The normalized spacial score (nSPS) is 10.3. The van der Waals surface area contributed by atoms with Gasteiger partial charge in [-0.1, -0.05) is 12.1 Å². The molecule has 0 saturated heterocycles. The molecule has 0 aliphatic carbocycles. The molecule has 27 heavy (non-hydrogen) atoms. The van der Waals surface area contributed by atoms with Gasteiger partial charge >= 0.3 is 0 Å². The van der Waals surface area contributed by atoms with Crippen LogP contribution >= 0.6 is 0 Å². The monoisotopic (exact) mass is 371 g/mol. The zero-order valence-electron chi connectivity index (χ0n) is 13.7. The summed E-state index contributed by atoms with van der Waals surface area (Å²) in [4.78, 5) is 28.3. The Morgan fingerprint density at radius 1 is 0.778 bits per heavy atom. The van der Waals surface area contributed by atoms with Crippen molar-refractivity contribution in [3.05, 3.63) is 89.4 Å². The second-order valence-corrected chi connectivity index (χ2v) is 5.46. The maximum absolute atomic E-state index is 13.3. The van der Waals surface area contributed by atoms with Crippen LogP contribution in [0, 0.1) is 17.5 Å². The number of pyridine rings is 1. The van der Waals surface area contributed by atoms with Gasteiger partial charge in [-0.15, -0.1) is 0 Å². The minimum Gasteiger partial charge on any atom is -0.322 e. The summed E-state index contributed by atoms with van der Waals surface area (Å²) in [6.45, 7) is 0. The van der Waals surface area contributed by atoms with Crippen LogP contribution in [-0.2, 0) is 0 Å². The highest BCUT2D eigenvalue weighted by molar-refractivity contribution is 6.07. The van der Waals surface area contributed by atoms with Gasteiger partial charge in [-0.25, -0.2) is 18.2 Å². The molecule has 0 atom stereocenters. The molecular weight excluding hydrogens is 359 g/mol. The zero-order valence-corrected chi connectivity index (χ0v) is 13.7. The van der Waals surface area contributed by atoms with Crippen molar-refractivity contribution in [3.63, 3.8) is 0 Å². The van der Waals surface area contributed by atoms with E-state index < -0.39 is 34.8 Å². The Balaban J connectivity index is 1.76. The van der Waals surface area contributed by atoms with Crippen molar-refractivity contribution in [2.45, 2.75) is 0 Å². The van der Waals surface area contributed by atoms with E-state index in [-0.39, 0.29) is 11.3 Å². The summed E-state index contributed by atoms with van der Waals surface area (Å²) in [5.41, 5.74) is 0.0588. The van der Waals surface area contributed by atoms with Gasteiger partial charge in [-0.2, -0.15) is 0 Å². The summed E-state index contributed by atoms with van der Waals surface area (Å²) < 4.78 is 39.5. The summed E-state index contributed by atoms with van der Waals surface area (Å²) in [7, 11) is 0. The molecule has 0 radical (unpaired) electrons. The highest BCUT2D eigenvalue weighted by atomic mass is 19.2. The predicted octanol–water partition coefficient (Wildman–Crippen LogP) is 4.00. The van der Waals surface area contributed by atoms with Gasteiger partial charge in [0, 0.05) is 23.0 Å². The third kappa shape index (κ3) is 4.30. The van der Waals surface area contributed by atoms with Crippen LogP contribution in [0.3, 0.4) is 0 Å². The number of halogens is 3. The van der Waals surface area contributed by atoms with Gasteiger partial charge in [0.15, 0.2) is 17.5 Å². The molecule has 3 aromatic rings. The van der Waals surface area contributed by atoms with Crippen molar-refractivity contribution >= 4 is 23.3 Å². The topological polar surface area (TPSA) is 71.1 Å². The first kappa shape index (κ1) is 18.1. The largest absolute Gasteiger partial charge is 0.322 e. The van der Waals surface area contributed by atoms with Crippen molar-refractivity contribution in [1.82, 2.24) is 4.98 Å². The Kier molecular flexibility index (Phi) is 5.16. The Morgan fingerprint density at radius 3 is 2.15 bits per heavy atom. The van der Waals surface area contributed by atoms with Gasteiger partial charge in [0.25, 0.3) is 11.8 Å². The zero-order chi connectivity index (χ0) is 19.4. The van der Waals surface area contributed by atoms with E-state index in [0.717, 1.165) is 0 Å². The number of nitrogens with zero attached hydrogens (tertiary/aromatic N) is 1. The molecule has 0 aliphatic rings. The number of rotatable bonds is 4. The molecule has 3 rings (SSSR count). The molecule has 0 aliphatic heterocycles. The van der Waals surface area contributed by atoms with Crippen LogP contribution in [0.2, 0.25) is 0 Å². The first-order valence-corrected chi connectivity index (χ1v) is 7.72. The fourth-order valence-electron chi connectivity index (χ4n) is 2.25. The minimum atomic E-state index is -1.65. The molecule has 0 bridgehead atoms. The Hall–Kier alpha value is -3.68. The maximum atomic E-state index is 13.3. The molecule has 0 spiro atoms. The van der Waals surface area contributed by atoms with E-state index in [0.29, 0.717) is 18.0 Å². The summed E-state index contributed by atoms with van der Waals surface area (Å²) in [5, 5.41) is 4.99. The lowest BCUT2D eigenvalue weighted by molar-refractivity contribution is 0.101. The molecule has 136 valence electrons. The van der Waals surface area contributed by atoms with Crippen molar-refractivity contribution < 1.29 is 22.8 Å². The van der Waals surface area contributed by atoms with Crippen LogP contribution in [0.4, 0.5) is 24.7 Å². The number of hydrogen-bond donors (Lipinski definition) is 2. The van der Waals surface area contributed by atoms with Gasteiger partial charge in [-0.3, -0.25) is 9.59 Å². The summed E-state index contributed by atoms with van der Waals surface area (Å²) >= 11 is 0. The lowest BCUT2D eigenvalue weighted by atomic mass is 10.1. The van der Waals surface area contributed by atoms with Crippen molar-refractivity contribution in [1.29, 1.82) is 0 Å². The second-order valence-electron chi connectivity index (χ2n) is 5.46. The molecule has 1 aromatic heterocycles. The van der Waals surface area contributed by atoms with E-state index >= 15 is 0 Å². The Morgan fingerprint density at radius 2 is 1.48 bits per heavy atom. The highest BCUT2D eigenvalue weighted by Gasteiger charge is 2.16. The fraction of sp³-hybridized carbons (Fsp3) is 0. The van der Waals surface area contributed by atoms with Gasteiger partial charge in [0.1, 0.15) is 5.82 Å². The van der Waals surface area contributed by atoms with Crippen LogP contribution in [0.25, 0.3) is 0 Å². The lowest BCUT2D eigenvalue weighted by Gasteiger charge is -2.09. The van der Waals surface area contributed by atoms with Crippen LogP contribution < -0.4 is 10.6 Å². The number of anilines is 2. The van der Waals surface area contributed by atoms with Gasteiger partial charge in [-0.05, 0) is 42.5 Å². The Bertz CT molecular complexity index is 987. The lowest BCUT2D eigenvalue weighted by Crippen LogP contribution is -2.15. The standard InChI is InChI=1S/C19H12F3N3O2/c20-14-9-12(10-15(21)17(14)22)19(27)24-13-5-3-4-11(8-13)18(26)25-16-6-1-2-7-23-16/h1-10H,(H,24,27)(H,23,25,26). The predicted molar refractivity (Wildman–Crippen MR) is 92.9 cm³/mol. The minimum absolute atomic E-state index is 0.221. The van der Waals surface area contributed by atoms with Crippen LogP contribution in [0.1, 0.15) is 20.7 Å². The third-order valence-electron chi connectivity index (χ3n) is 3.54. The number of aromatic nitrogens is 1. The third-order valence-corrected chi connectivity index (χ3v) is 3.54. The quantitative estimate of drug-likeness (QED) is 0.681. The molecule has 5 nitrogen and oxygen atoms in total. The summed E-state index contributed by atoms with van der Waals surface area (Å²) in [5.74, 6) is -5.54. The van der Waals surface area contributed by atoms with Gasteiger partial charge < -0.3 is 10.6 Å². The highest BCUT2D eigenvalue weighted by Crippen LogP contribution is 2.17. The average molecular weight is 371 g/mol. The first-order valence-electron chi connectivity index (χ1n) is 7.72. The van der Waals surface area contributed by atoms with E-state index in [1.165, 1.54) is 30.5 Å². The number of carbonyl (C=O) groups excluding carboxylic acids is 2. The smallest absolute Gasteiger partial charge is 0.256 e. The molecule has 2 aromatic carbocycles. The van der Waals surface area contributed by atoms with E-state index in [1.54, 1.807) is 18.2 Å². The summed E-state index contributed by atoms with van der Waals surface area (Å²) in [6.07, 6.45) is 1.52. The molecule has 1 heterocycles. The van der Waals surface area contributed by atoms with E-state index in [4.69, 9.17) is 0 Å². The van der Waals surface area contributed by atoms with Crippen LogP contribution in [-0.4, -0.2) is 16.8 Å². The number of hydrogen-bond acceptors (Lipinski definition) is 3. The molecule has 2 amide bonds. The van der Waals surface area contributed by atoms with Crippen molar-refractivity contribution in [2.24, 2.45) is 0 Å². The SMILES string of the molecule is O=C(Nc1cccc(C(=O)Nc2ccccn2)c1)c1cc(F)c(F)c(F)c1. The molecule has 0 unspecified atom stereocenters. The molecule has 0 fully saturated rings. The molecule has 8 heteroatoms. The average Bonchev–Trinajstić information content (AvgIpc) is 2.66. The Labute approximate surface area is 151 Å². The van der Waals surface area contributed by atoms with Crippen molar-refractivity contribution in [2.75, 3.05) is 10.6 Å². The summed E-state index contributed by atoms with van der Waals surface area (Å²) in [6, 6.07) is 12.1. The molecule has 2 N–H and O–H groups in total. The molecule has 0 saturated carbocycles. The number of benzene rings is 2. The van der Waals surface area contributed by atoms with Gasteiger partial charge in [0.05, 0.1) is 0 Å². The van der Waals surface area contributed by atoms with E-state index in [2.05, 4.69) is 15.6 Å².